The van der Waals surface area contributed by atoms with Crippen molar-refractivity contribution in [1.82, 2.24) is 14.2 Å². The summed E-state index contributed by atoms with van der Waals surface area (Å²) in [6, 6.07) is 14.8. The van der Waals surface area contributed by atoms with E-state index in [2.05, 4.69) is 46.0 Å². The van der Waals surface area contributed by atoms with Crippen molar-refractivity contribution in [2.45, 2.75) is 99.8 Å². The van der Waals surface area contributed by atoms with Gasteiger partial charge in [-0.15, -0.1) is 0 Å². The van der Waals surface area contributed by atoms with E-state index in [1.54, 1.807) is 47.4 Å². The van der Waals surface area contributed by atoms with Crippen LogP contribution in [0.15, 0.2) is 84.3 Å². The zero-order chi connectivity index (χ0) is 52.4. The Morgan fingerprint density at radius 2 is 1.17 bits per heavy atom. The summed E-state index contributed by atoms with van der Waals surface area (Å²) in [5.41, 5.74) is 5.10. The second-order valence-corrected chi connectivity index (χ2v) is 26.0. The van der Waals surface area contributed by atoms with Gasteiger partial charge in [0, 0.05) is 72.1 Å². The smallest absolute Gasteiger partial charge is 0.324 e. The Morgan fingerprint density at radius 3 is 1.74 bits per heavy atom. The van der Waals surface area contributed by atoms with Crippen molar-refractivity contribution in [1.29, 1.82) is 0 Å². The Labute approximate surface area is 443 Å². The van der Waals surface area contributed by atoms with E-state index in [-0.39, 0.29) is 86.1 Å². The van der Waals surface area contributed by atoms with Crippen molar-refractivity contribution in [2.75, 3.05) is 54.5 Å². The van der Waals surface area contributed by atoms with Gasteiger partial charge in [-0.2, -0.15) is 4.72 Å². The molecule has 72 heavy (non-hydrogen) atoms. The molecule has 7 rings (SSSR count). The number of hydrogen-bond acceptors (Lipinski definition) is 11. The Morgan fingerprint density at radius 1 is 0.667 bits per heavy atom. The monoisotopic (exact) mass is 1190 g/mol. The number of carbonyl (C=O) groups is 4. The molecule has 0 spiro atoms. The van der Waals surface area contributed by atoms with Crippen LogP contribution in [0.25, 0.3) is 0 Å². The molecular weight excluding hydrogens is 1140 g/mol. The molecule has 0 aliphatic carbocycles. The number of halogens is 3. The predicted molar refractivity (Wildman–Crippen MR) is 282 cm³/mol. The van der Waals surface area contributed by atoms with Gasteiger partial charge >= 0.3 is 5.97 Å². The van der Waals surface area contributed by atoms with Gasteiger partial charge < -0.3 is 19.4 Å². The maximum atomic E-state index is 14.1. The van der Waals surface area contributed by atoms with Gasteiger partial charge in [-0.05, 0) is 146 Å². The van der Waals surface area contributed by atoms with E-state index in [0.29, 0.717) is 84.4 Å². The van der Waals surface area contributed by atoms with Crippen LogP contribution in [0.5, 0.6) is 0 Å². The molecule has 1 unspecified atom stereocenters. The SMILES string of the molecule is COC(=O)[C@H](Cc1ccc(CC(=O)N2CCc3cc(Br)c(S(=O)(=O)NCC(C)C)cc32)cc1)NS(=O)(=O)c1cc2c(cc1Br)CCN2C(=O)CCC(C)CCNS(=O)(=O)c1cc2c(cc1Cl)CCN2C(C)=O. The molecule has 3 heterocycles. The van der Waals surface area contributed by atoms with E-state index in [0.717, 1.165) is 23.8 Å². The van der Waals surface area contributed by atoms with Crippen LogP contribution in [0.4, 0.5) is 17.1 Å². The molecule has 17 nitrogen and oxygen atoms in total. The van der Waals surface area contributed by atoms with Crippen molar-refractivity contribution in [3.8, 4) is 0 Å². The molecule has 3 aliphatic rings. The van der Waals surface area contributed by atoms with Gasteiger partial charge in [0.15, 0.2) is 0 Å². The second-order valence-electron chi connectivity index (χ2n) is 18.7. The molecule has 388 valence electrons. The van der Waals surface area contributed by atoms with Crippen LogP contribution >= 0.6 is 43.5 Å². The molecule has 23 heteroatoms. The van der Waals surface area contributed by atoms with Crippen molar-refractivity contribution in [2.24, 2.45) is 11.8 Å². The van der Waals surface area contributed by atoms with Crippen LogP contribution in [0, 0.1) is 11.8 Å². The van der Waals surface area contributed by atoms with Crippen molar-refractivity contribution >= 4 is 114 Å². The minimum atomic E-state index is -4.41. The zero-order valence-corrected chi connectivity index (χ0v) is 46.8. The fourth-order valence-electron chi connectivity index (χ4n) is 9.01. The molecule has 4 aromatic carbocycles. The molecule has 3 N–H and O–H groups in total. The number of amides is 3. The van der Waals surface area contributed by atoms with Gasteiger partial charge in [0.1, 0.15) is 10.9 Å². The number of esters is 1. The lowest BCUT2D eigenvalue weighted by molar-refractivity contribution is -0.142. The van der Waals surface area contributed by atoms with Gasteiger partial charge in [0.05, 0.1) is 28.3 Å². The standard InChI is InChI=1S/C49H57Br2ClN6O11S3/c1-29(2)28-54-70(63,64)44-25-43-35(22-37(44)50)15-19-58(43)48(61)21-33-9-7-32(8-10-33)20-40(49(62)69-5)55-72(67,68)45-26-42-34(23-38(45)51)14-18-57(42)47(60)11-6-30(3)12-16-53-71(65,66)46-27-41-36(24-39(46)52)13-17-56(41)31(4)59/h7-10,22-27,29-30,40,53-55H,6,11-21,28H2,1-5H3/t30?,40-/m0/s1. The lowest BCUT2D eigenvalue weighted by Gasteiger charge is -2.21. The average molecular weight is 1200 g/mol. The molecule has 0 saturated heterocycles. The fourth-order valence-corrected chi connectivity index (χ4v) is 15.2. The summed E-state index contributed by atoms with van der Waals surface area (Å²) in [6.07, 6.45) is 2.49. The lowest BCUT2D eigenvalue weighted by Crippen LogP contribution is -2.43. The molecular formula is C49H57Br2ClN6O11S3. The Hall–Kier alpha value is -4.26. The number of fused-ring (bicyclic) bond motifs is 3. The summed E-state index contributed by atoms with van der Waals surface area (Å²) in [7, 11) is -11.1. The second kappa shape index (κ2) is 22.7. The van der Waals surface area contributed by atoms with E-state index in [9.17, 15) is 44.4 Å². The Kier molecular flexibility index (Phi) is 17.5. The molecule has 4 aromatic rings. The summed E-state index contributed by atoms with van der Waals surface area (Å²) in [4.78, 5) is 56.9. The number of hydrogen-bond donors (Lipinski definition) is 3. The quantitative estimate of drug-likeness (QED) is 0.0802. The highest BCUT2D eigenvalue weighted by Crippen LogP contribution is 2.39. The van der Waals surface area contributed by atoms with E-state index >= 15 is 0 Å². The number of methoxy groups -OCH3 is 1. The number of benzene rings is 4. The summed E-state index contributed by atoms with van der Waals surface area (Å²) in [6.45, 7) is 8.63. The molecule has 0 radical (unpaired) electrons. The normalized spacial score (nSPS) is 15.4. The first-order valence-electron chi connectivity index (χ1n) is 23.4. The number of rotatable bonds is 20. The van der Waals surface area contributed by atoms with Gasteiger partial charge in [-0.3, -0.25) is 19.2 Å². The third-order valence-electron chi connectivity index (χ3n) is 13.0. The van der Waals surface area contributed by atoms with Crippen LogP contribution < -0.4 is 28.9 Å². The number of nitrogens with one attached hydrogen (secondary N) is 3. The van der Waals surface area contributed by atoms with E-state index in [1.165, 1.54) is 34.9 Å². The highest BCUT2D eigenvalue weighted by atomic mass is 79.9. The molecule has 3 amide bonds. The first kappa shape index (κ1) is 55.5. The zero-order valence-electron chi connectivity index (χ0n) is 40.4. The summed E-state index contributed by atoms with van der Waals surface area (Å²) >= 11 is 13.2. The summed E-state index contributed by atoms with van der Waals surface area (Å²) < 4.78 is 94.3. The molecule has 3 aliphatic heterocycles. The van der Waals surface area contributed by atoms with E-state index < -0.39 is 42.1 Å². The van der Waals surface area contributed by atoms with Crippen LogP contribution in [0.1, 0.15) is 74.8 Å². The maximum absolute atomic E-state index is 14.1. The molecule has 0 saturated carbocycles. The van der Waals surface area contributed by atoms with Gasteiger partial charge in [-0.1, -0.05) is 56.6 Å². The topological polar surface area (TPSA) is 226 Å². The third-order valence-corrected chi connectivity index (χ3v) is 19.7. The van der Waals surface area contributed by atoms with Gasteiger partial charge in [0.2, 0.25) is 47.8 Å². The Balaban J connectivity index is 0.950. The summed E-state index contributed by atoms with van der Waals surface area (Å²) in [5.74, 6) is -1.46. The van der Waals surface area contributed by atoms with Crippen LogP contribution in [-0.4, -0.2) is 94.8 Å². The Bertz CT molecular complexity index is 3140. The highest BCUT2D eigenvalue weighted by molar-refractivity contribution is 9.10. The number of sulfonamides is 3. The first-order chi connectivity index (χ1) is 33.9. The lowest BCUT2D eigenvalue weighted by atomic mass is 10.0. The number of nitrogens with zero attached hydrogens (tertiary/aromatic N) is 3. The van der Waals surface area contributed by atoms with Crippen LogP contribution in [0.3, 0.4) is 0 Å². The van der Waals surface area contributed by atoms with Crippen molar-refractivity contribution < 1.29 is 49.2 Å². The minimum absolute atomic E-state index is 0.00234. The van der Waals surface area contributed by atoms with Crippen molar-refractivity contribution in [3.05, 3.63) is 102 Å². The average Bonchev–Trinajstić information content (AvgIpc) is 4.05. The van der Waals surface area contributed by atoms with Crippen LogP contribution in [0.2, 0.25) is 5.02 Å². The first-order valence-corrected chi connectivity index (χ1v) is 29.8. The van der Waals surface area contributed by atoms with Gasteiger partial charge in [0.25, 0.3) is 0 Å². The molecule has 2 atom stereocenters. The molecule has 0 aromatic heterocycles. The number of anilines is 3. The fraction of sp³-hybridized carbons (Fsp3) is 0.429. The minimum Gasteiger partial charge on any atom is -0.468 e. The largest absolute Gasteiger partial charge is 0.468 e. The maximum Gasteiger partial charge on any atom is 0.324 e. The van der Waals surface area contributed by atoms with E-state index in [1.807, 2.05) is 20.8 Å². The number of ether oxygens (including phenoxy) is 1. The summed E-state index contributed by atoms with van der Waals surface area (Å²) in [5, 5.41) is 0.0667. The van der Waals surface area contributed by atoms with Crippen LogP contribution in [-0.2, 0) is 86.1 Å². The van der Waals surface area contributed by atoms with Gasteiger partial charge in [-0.25, -0.2) is 34.7 Å². The third kappa shape index (κ3) is 12.6. The predicted octanol–water partition coefficient (Wildman–Crippen LogP) is 6.58. The molecule has 0 bridgehead atoms. The van der Waals surface area contributed by atoms with Crippen molar-refractivity contribution in [3.63, 3.8) is 0 Å². The number of carbonyl (C=O) groups excluding carboxylic acids is 4. The highest BCUT2D eigenvalue weighted by Gasteiger charge is 2.34. The van der Waals surface area contributed by atoms with E-state index in [4.69, 9.17) is 16.3 Å². The molecule has 0 fully saturated rings.